The standard InChI is InChI=1S/C21H31N2/c1-2-3-4-5-6-7-17-23-18-13-21(14-19-23)10-8-9-20-11-15-22-16-12-20/h11-16,18-19H,2-10,17H2,1H3/q+1/p+1. The summed E-state index contributed by atoms with van der Waals surface area (Å²) < 4.78 is 2.33. The molecule has 124 valence electrons. The van der Waals surface area contributed by atoms with Crippen LogP contribution in [0.1, 0.15) is 63.0 Å². The summed E-state index contributed by atoms with van der Waals surface area (Å²) in [6.45, 7) is 3.43. The minimum absolute atomic E-state index is 1.15. The van der Waals surface area contributed by atoms with Gasteiger partial charge in [-0.05, 0) is 36.8 Å². The highest BCUT2D eigenvalue weighted by atomic mass is 14.9. The molecule has 0 saturated heterocycles. The molecule has 2 heterocycles. The van der Waals surface area contributed by atoms with Gasteiger partial charge in [0.05, 0.1) is 0 Å². The summed E-state index contributed by atoms with van der Waals surface area (Å²) in [5, 5.41) is 0. The molecule has 23 heavy (non-hydrogen) atoms. The van der Waals surface area contributed by atoms with Crippen molar-refractivity contribution in [1.82, 2.24) is 0 Å². The molecule has 0 aliphatic heterocycles. The van der Waals surface area contributed by atoms with Gasteiger partial charge in [-0.25, -0.2) is 9.55 Å². The summed E-state index contributed by atoms with van der Waals surface area (Å²) in [7, 11) is 0. The van der Waals surface area contributed by atoms with Gasteiger partial charge in [0.15, 0.2) is 24.8 Å². The van der Waals surface area contributed by atoms with Crippen LogP contribution < -0.4 is 9.55 Å². The summed E-state index contributed by atoms with van der Waals surface area (Å²) in [5.41, 5.74) is 2.87. The van der Waals surface area contributed by atoms with E-state index in [0.29, 0.717) is 0 Å². The molecular weight excluding hydrogens is 280 g/mol. The number of H-pyrrole nitrogens is 1. The van der Waals surface area contributed by atoms with Gasteiger partial charge >= 0.3 is 0 Å². The van der Waals surface area contributed by atoms with Crippen LogP contribution >= 0.6 is 0 Å². The zero-order valence-corrected chi connectivity index (χ0v) is 14.6. The zero-order chi connectivity index (χ0) is 16.2. The molecule has 0 radical (unpaired) electrons. The van der Waals surface area contributed by atoms with Crippen LogP contribution in [-0.2, 0) is 19.4 Å². The Bertz CT molecular complexity index is 519. The van der Waals surface area contributed by atoms with Crippen molar-refractivity contribution in [2.45, 2.75) is 71.3 Å². The largest absolute Gasteiger partial charge is 0.218 e. The number of pyridine rings is 2. The number of hydrogen-bond donors (Lipinski definition) is 0. The molecule has 0 aliphatic carbocycles. The van der Waals surface area contributed by atoms with E-state index in [9.17, 15) is 0 Å². The molecule has 2 aromatic rings. The van der Waals surface area contributed by atoms with Gasteiger partial charge in [-0.1, -0.05) is 32.6 Å². The molecule has 2 aromatic heterocycles. The minimum atomic E-state index is 1.15. The Kier molecular flexibility index (Phi) is 8.39. The lowest BCUT2D eigenvalue weighted by Crippen LogP contribution is -2.32. The first kappa shape index (κ1) is 17.7. The summed E-state index contributed by atoms with van der Waals surface area (Å²) >= 11 is 0. The number of aryl methyl sites for hydroxylation is 3. The van der Waals surface area contributed by atoms with Gasteiger partial charge in [0.25, 0.3) is 0 Å². The van der Waals surface area contributed by atoms with E-state index in [2.05, 4.69) is 53.1 Å². The smallest absolute Gasteiger partial charge is 0.169 e. The lowest BCUT2D eigenvalue weighted by atomic mass is 10.1. The summed E-state index contributed by atoms with van der Waals surface area (Å²) in [5.74, 6) is 0. The van der Waals surface area contributed by atoms with E-state index in [1.807, 2.05) is 12.4 Å². The fourth-order valence-corrected chi connectivity index (χ4v) is 2.96. The van der Waals surface area contributed by atoms with Gasteiger partial charge in [-0.3, -0.25) is 0 Å². The lowest BCUT2D eigenvalue weighted by molar-refractivity contribution is -0.697. The average molecular weight is 313 g/mol. The highest BCUT2D eigenvalue weighted by Crippen LogP contribution is 2.07. The van der Waals surface area contributed by atoms with Crippen LogP contribution in [0.4, 0.5) is 0 Å². The molecule has 2 rings (SSSR count). The van der Waals surface area contributed by atoms with Crippen molar-refractivity contribution in [3.8, 4) is 0 Å². The van der Waals surface area contributed by atoms with Gasteiger partial charge in [0, 0.05) is 30.7 Å². The summed E-state index contributed by atoms with van der Waals surface area (Å²) in [6, 6.07) is 8.91. The lowest BCUT2D eigenvalue weighted by Gasteiger charge is -2.02. The predicted octanol–water partition coefficient (Wildman–Crippen LogP) is 4.32. The number of aromatic amines is 1. The highest BCUT2D eigenvalue weighted by Gasteiger charge is 2.02. The SMILES string of the molecule is CCCCCCCC[n+]1ccc(CCCc2cc[nH+]cc2)cc1. The maximum absolute atomic E-state index is 3.08. The number of nitrogens with one attached hydrogen (secondary N) is 1. The van der Waals surface area contributed by atoms with E-state index >= 15 is 0 Å². The Morgan fingerprint density at radius 3 is 2.04 bits per heavy atom. The molecule has 2 heteroatoms. The number of nitrogens with zero attached hydrogens (tertiary/aromatic N) is 1. The molecule has 0 saturated carbocycles. The predicted molar refractivity (Wildman–Crippen MR) is 95.0 cm³/mol. The molecule has 0 aliphatic rings. The van der Waals surface area contributed by atoms with E-state index < -0.39 is 0 Å². The Balaban J connectivity index is 1.62. The molecule has 2 nitrogen and oxygen atoms in total. The third-order valence-electron chi connectivity index (χ3n) is 4.45. The maximum atomic E-state index is 3.08. The fourth-order valence-electron chi connectivity index (χ4n) is 2.96. The van der Waals surface area contributed by atoms with Crippen molar-refractivity contribution in [2.24, 2.45) is 0 Å². The normalized spacial score (nSPS) is 10.8. The Hall–Kier alpha value is -1.70. The van der Waals surface area contributed by atoms with Gasteiger partial charge in [0.1, 0.15) is 6.54 Å². The van der Waals surface area contributed by atoms with Gasteiger partial charge in [0.2, 0.25) is 0 Å². The van der Waals surface area contributed by atoms with Crippen molar-refractivity contribution < 1.29 is 9.55 Å². The number of aromatic nitrogens is 2. The van der Waals surface area contributed by atoms with Crippen LogP contribution in [0, 0.1) is 0 Å². The van der Waals surface area contributed by atoms with Crippen molar-refractivity contribution in [3.63, 3.8) is 0 Å². The topological polar surface area (TPSA) is 18.0 Å². The first-order chi connectivity index (χ1) is 11.4. The van der Waals surface area contributed by atoms with E-state index in [-0.39, 0.29) is 0 Å². The molecule has 1 N–H and O–H groups in total. The average Bonchev–Trinajstić information content (AvgIpc) is 2.60. The van der Waals surface area contributed by atoms with Crippen molar-refractivity contribution >= 4 is 0 Å². The Morgan fingerprint density at radius 2 is 1.35 bits per heavy atom. The number of hydrogen-bond acceptors (Lipinski definition) is 0. The molecule has 0 atom stereocenters. The van der Waals surface area contributed by atoms with Crippen LogP contribution in [-0.4, -0.2) is 0 Å². The second-order valence-corrected chi connectivity index (χ2v) is 6.47. The quantitative estimate of drug-likeness (QED) is 0.434. The Labute approximate surface area is 141 Å². The van der Waals surface area contributed by atoms with Crippen LogP contribution in [0.15, 0.2) is 49.1 Å². The molecule has 0 amide bonds. The van der Waals surface area contributed by atoms with Crippen LogP contribution in [0.25, 0.3) is 0 Å². The molecule has 0 unspecified atom stereocenters. The summed E-state index contributed by atoms with van der Waals surface area (Å²) in [6.07, 6.45) is 20.2. The third-order valence-corrected chi connectivity index (χ3v) is 4.45. The van der Waals surface area contributed by atoms with E-state index in [1.165, 1.54) is 56.1 Å². The first-order valence-electron chi connectivity index (χ1n) is 9.31. The molecule has 0 fully saturated rings. The molecular formula is C21H32N2+2. The molecule has 0 bridgehead atoms. The third kappa shape index (κ3) is 7.40. The van der Waals surface area contributed by atoms with Crippen molar-refractivity contribution in [3.05, 3.63) is 60.2 Å². The number of unbranched alkanes of at least 4 members (excludes halogenated alkanes) is 5. The van der Waals surface area contributed by atoms with Gasteiger partial charge in [-0.15, -0.1) is 0 Å². The fraction of sp³-hybridized carbons (Fsp3) is 0.524. The Morgan fingerprint density at radius 1 is 0.739 bits per heavy atom. The monoisotopic (exact) mass is 312 g/mol. The molecule has 0 aromatic carbocycles. The van der Waals surface area contributed by atoms with E-state index in [4.69, 9.17) is 0 Å². The van der Waals surface area contributed by atoms with E-state index in [1.54, 1.807) is 0 Å². The highest BCUT2D eigenvalue weighted by molar-refractivity contribution is 5.10. The summed E-state index contributed by atoms with van der Waals surface area (Å²) in [4.78, 5) is 3.08. The van der Waals surface area contributed by atoms with Gasteiger partial charge in [-0.2, -0.15) is 0 Å². The minimum Gasteiger partial charge on any atom is -0.218 e. The molecule has 0 spiro atoms. The van der Waals surface area contributed by atoms with Crippen molar-refractivity contribution in [1.29, 1.82) is 0 Å². The van der Waals surface area contributed by atoms with E-state index in [0.717, 1.165) is 19.4 Å². The second kappa shape index (κ2) is 10.9. The van der Waals surface area contributed by atoms with Gasteiger partial charge < -0.3 is 0 Å². The first-order valence-corrected chi connectivity index (χ1v) is 9.31. The van der Waals surface area contributed by atoms with Crippen LogP contribution in [0.3, 0.4) is 0 Å². The van der Waals surface area contributed by atoms with Crippen molar-refractivity contribution in [2.75, 3.05) is 0 Å². The van der Waals surface area contributed by atoms with Crippen LogP contribution in [0.5, 0.6) is 0 Å². The maximum Gasteiger partial charge on any atom is 0.169 e. The van der Waals surface area contributed by atoms with Crippen LogP contribution in [0.2, 0.25) is 0 Å². The zero-order valence-electron chi connectivity index (χ0n) is 14.6. The number of rotatable bonds is 11. The second-order valence-electron chi connectivity index (χ2n) is 6.47.